The molecule has 70 valence electrons. The zero-order chi connectivity index (χ0) is 10.1. The van der Waals surface area contributed by atoms with Crippen LogP contribution in [0.5, 0.6) is 0 Å². The summed E-state index contributed by atoms with van der Waals surface area (Å²) in [6, 6.07) is 7.16. The van der Waals surface area contributed by atoms with E-state index in [0.717, 1.165) is 5.19 Å². The SMILES string of the molecule is C[Si](C)(Cl)c1ccc(C(=O)Cl)cc1. The largest absolute Gasteiger partial charge is 0.276 e. The molecule has 0 aliphatic rings. The molecule has 0 saturated carbocycles. The molecule has 1 nitrogen and oxygen atoms in total. The van der Waals surface area contributed by atoms with Gasteiger partial charge in [0.05, 0.1) is 0 Å². The Balaban J connectivity index is 3.01. The molecule has 0 N–H and O–H groups in total. The summed E-state index contributed by atoms with van der Waals surface area (Å²) in [5.74, 6) is 0. The van der Waals surface area contributed by atoms with E-state index in [2.05, 4.69) is 0 Å². The smallest absolute Gasteiger partial charge is 0.252 e. The van der Waals surface area contributed by atoms with Crippen molar-refractivity contribution in [3.63, 3.8) is 0 Å². The van der Waals surface area contributed by atoms with Crippen LogP contribution in [0.4, 0.5) is 0 Å². The zero-order valence-electron chi connectivity index (χ0n) is 7.47. The second kappa shape index (κ2) is 3.82. The molecule has 13 heavy (non-hydrogen) atoms. The van der Waals surface area contributed by atoms with Crippen LogP contribution >= 0.6 is 22.7 Å². The van der Waals surface area contributed by atoms with Crippen molar-refractivity contribution in [2.24, 2.45) is 0 Å². The van der Waals surface area contributed by atoms with E-state index in [-0.39, 0.29) is 0 Å². The van der Waals surface area contributed by atoms with Crippen molar-refractivity contribution >= 4 is 40.5 Å². The lowest BCUT2D eigenvalue weighted by atomic mass is 10.2. The molecule has 0 aromatic heterocycles. The Morgan fingerprint density at radius 2 is 1.69 bits per heavy atom. The summed E-state index contributed by atoms with van der Waals surface area (Å²) in [6.45, 7) is 4.07. The Hall–Kier alpha value is -0.313. The van der Waals surface area contributed by atoms with Crippen molar-refractivity contribution in [1.29, 1.82) is 0 Å². The summed E-state index contributed by atoms with van der Waals surface area (Å²) in [7, 11) is -1.77. The van der Waals surface area contributed by atoms with Crippen molar-refractivity contribution in [3.8, 4) is 0 Å². The van der Waals surface area contributed by atoms with Crippen molar-refractivity contribution in [2.75, 3.05) is 0 Å². The molecule has 1 aromatic rings. The monoisotopic (exact) mass is 232 g/mol. The fraction of sp³-hybridized carbons (Fsp3) is 0.222. The highest BCUT2D eigenvalue weighted by Crippen LogP contribution is 2.09. The van der Waals surface area contributed by atoms with Crippen LogP contribution < -0.4 is 5.19 Å². The number of hydrogen-bond acceptors (Lipinski definition) is 1. The van der Waals surface area contributed by atoms with Crippen molar-refractivity contribution in [1.82, 2.24) is 0 Å². The van der Waals surface area contributed by atoms with Gasteiger partial charge in [-0.2, -0.15) is 11.1 Å². The Morgan fingerprint density at radius 3 is 2.00 bits per heavy atom. The molecule has 4 heteroatoms. The number of halogens is 2. The van der Waals surface area contributed by atoms with Crippen LogP contribution in [0, 0.1) is 0 Å². The molecule has 1 aromatic carbocycles. The van der Waals surface area contributed by atoms with Crippen molar-refractivity contribution in [2.45, 2.75) is 13.1 Å². The summed E-state index contributed by atoms with van der Waals surface area (Å²) < 4.78 is 0. The molecule has 0 saturated heterocycles. The van der Waals surface area contributed by atoms with E-state index >= 15 is 0 Å². The van der Waals surface area contributed by atoms with Gasteiger partial charge in [-0.3, -0.25) is 4.79 Å². The minimum atomic E-state index is -1.77. The maximum atomic E-state index is 10.8. The van der Waals surface area contributed by atoms with Crippen molar-refractivity contribution in [3.05, 3.63) is 29.8 Å². The second-order valence-electron chi connectivity index (χ2n) is 3.32. The van der Waals surface area contributed by atoms with E-state index < -0.39 is 12.6 Å². The van der Waals surface area contributed by atoms with Gasteiger partial charge >= 0.3 is 0 Å². The van der Waals surface area contributed by atoms with Crippen LogP contribution in [0.2, 0.25) is 13.1 Å². The highest BCUT2D eigenvalue weighted by atomic mass is 35.6. The highest BCUT2D eigenvalue weighted by Gasteiger charge is 2.19. The maximum absolute atomic E-state index is 10.8. The van der Waals surface area contributed by atoms with Gasteiger partial charge in [0, 0.05) is 5.56 Å². The molecule has 0 amide bonds. The van der Waals surface area contributed by atoms with Gasteiger partial charge in [0.1, 0.15) is 0 Å². The molecule has 1 rings (SSSR count). The number of hydrogen-bond donors (Lipinski definition) is 0. The Kier molecular flexibility index (Phi) is 3.17. The minimum absolute atomic E-state index is 0.430. The Morgan fingerprint density at radius 1 is 1.23 bits per heavy atom. The fourth-order valence-electron chi connectivity index (χ4n) is 0.998. The lowest BCUT2D eigenvalue weighted by Crippen LogP contribution is -2.34. The lowest BCUT2D eigenvalue weighted by molar-refractivity contribution is 0.108. The normalized spacial score (nSPS) is 11.4. The Labute approximate surface area is 88.4 Å². The van der Waals surface area contributed by atoms with Gasteiger partial charge in [-0.05, 0) is 16.8 Å². The summed E-state index contributed by atoms with van der Waals surface area (Å²) in [6.07, 6.45) is 0. The lowest BCUT2D eigenvalue weighted by Gasteiger charge is -2.12. The predicted octanol–water partition coefficient (Wildman–Crippen LogP) is 2.72. The second-order valence-corrected chi connectivity index (χ2v) is 10.0. The Bertz CT molecular complexity index is 313. The van der Waals surface area contributed by atoms with Gasteiger partial charge < -0.3 is 0 Å². The standard InChI is InChI=1S/C9H10Cl2OSi/c1-13(2,11)8-5-3-7(4-6-8)9(10)12/h3-6H,1-2H3. The van der Waals surface area contributed by atoms with Gasteiger partial charge in [-0.1, -0.05) is 37.4 Å². The third kappa shape index (κ3) is 2.83. The van der Waals surface area contributed by atoms with E-state index in [9.17, 15) is 4.79 Å². The van der Waals surface area contributed by atoms with Crippen LogP contribution in [-0.2, 0) is 0 Å². The molecule has 0 atom stereocenters. The average molecular weight is 233 g/mol. The first kappa shape index (κ1) is 10.8. The summed E-state index contributed by atoms with van der Waals surface area (Å²) in [5, 5.41) is 0.677. The number of benzene rings is 1. The fourth-order valence-corrected chi connectivity index (χ4v) is 2.46. The number of carbonyl (C=O) groups is 1. The first-order valence-corrected chi connectivity index (χ1v) is 8.29. The molecular weight excluding hydrogens is 223 g/mol. The van der Waals surface area contributed by atoms with E-state index in [1.54, 1.807) is 12.1 Å². The van der Waals surface area contributed by atoms with Gasteiger partial charge in [0.2, 0.25) is 0 Å². The molecule has 0 spiro atoms. The molecular formula is C9H10Cl2OSi. The van der Waals surface area contributed by atoms with Crippen molar-refractivity contribution < 1.29 is 4.79 Å². The first-order chi connectivity index (χ1) is 5.91. The topological polar surface area (TPSA) is 17.1 Å². The van der Waals surface area contributed by atoms with Crippen LogP contribution in [-0.4, -0.2) is 12.6 Å². The number of rotatable bonds is 2. The van der Waals surface area contributed by atoms with Gasteiger partial charge in [-0.25, -0.2) is 0 Å². The molecule has 0 fully saturated rings. The molecule has 0 aliphatic carbocycles. The minimum Gasteiger partial charge on any atom is -0.276 e. The summed E-state index contributed by atoms with van der Waals surface area (Å²) >= 11 is 11.5. The zero-order valence-corrected chi connectivity index (χ0v) is 9.99. The van der Waals surface area contributed by atoms with E-state index in [1.165, 1.54) is 0 Å². The predicted molar refractivity (Wildman–Crippen MR) is 59.6 cm³/mol. The molecule has 0 heterocycles. The van der Waals surface area contributed by atoms with Gasteiger partial charge in [-0.15, -0.1) is 0 Å². The van der Waals surface area contributed by atoms with E-state index in [4.69, 9.17) is 22.7 Å². The quantitative estimate of drug-likeness (QED) is 0.436. The third-order valence-electron chi connectivity index (χ3n) is 1.80. The summed E-state index contributed by atoms with van der Waals surface area (Å²) in [4.78, 5) is 10.8. The highest BCUT2D eigenvalue weighted by molar-refractivity contribution is 7.26. The third-order valence-corrected chi connectivity index (χ3v) is 4.38. The van der Waals surface area contributed by atoms with Gasteiger partial charge in [0.15, 0.2) is 7.38 Å². The van der Waals surface area contributed by atoms with Crippen LogP contribution in [0.3, 0.4) is 0 Å². The van der Waals surface area contributed by atoms with Crippen LogP contribution in [0.15, 0.2) is 24.3 Å². The van der Waals surface area contributed by atoms with E-state index in [0.29, 0.717) is 5.56 Å². The maximum Gasteiger partial charge on any atom is 0.252 e. The van der Waals surface area contributed by atoms with E-state index in [1.807, 2.05) is 25.2 Å². The summed E-state index contributed by atoms with van der Waals surface area (Å²) in [5.41, 5.74) is 0.514. The average Bonchev–Trinajstić information content (AvgIpc) is 2.03. The molecule has 0 unspecified atom stereocenters. The molecule has 0 aliphatic heterocycles. The first-order valence-electron chi connectivity index (χ1n) is 3.90. The van der Waals surface area contributed by atoms with Crippen LogP contribution in [0.1, 0.15) is 10.4 Å². The molecule has 0 bridgehead atoms. The van der Waals surface area contributed by atoms with Gasteiger partial charge in [0.25, 0.3) is 5.24 Å². The number of carbonyl (C=O) groups excluding carboxylic acids is 1. The molecule has 0 radical (unpaired) electrons. The van der Waals surface area contributed by atoms with Crippen LogP contribution in [0.25, 0.3) is 0 Å².